The molecular weight excluding hydrogens is 417 g/mol. The molecule has 1 saturated heterocycles. The number of hydrogen-bond acceptors (Lipinski definition) is 4. The van der Waals surface area contributed by atoms with E-state index in [2.05, 4.69) is 46.3 Å². The lowest BCUT2D eigenvalue weighted by Crippen LogP contribution is -2.55. The van der Waals surface area contributed by atoms with Gasteiger partial charge in [-0.25, -0.2) is 0 Å². The van der Waals surface area contributed by atoms with Gasteiger partial charge in [-0.1, -0.05) is 13.8 Å². The van der Waals surface area contributed by atoms with Crippen molar-refractivity contribution in [1.82, 2.24) is 20.4 Å². The minimum absolute atomic E-state index is 0. The van der Waals surface area contributed by atoms with Gasteiger partial charge >= 0.3 is 0 Å². The highest BCUT2D eigenvalue weighted by molar-refractivity contribution is 14.0. The van der Waals surface area contributed by atoms with Crippen LogP contribution >= 0.6 is 24.0 Å². The normalized spacial score (nSPS) is 18.3. The monoisotopic (exact) mass is 455 g/mol. The summed E-state index contributed by atoms with van der Waals surface area (Å²) >= 11 is 0. The first-order chi connectivity index (χ1) is 11.1. The third-order valence-electron chi connectivity index (χ3n) is 4.44. The Hall–Kier alpha value is -0.120. The van der Waals surface area contributed by atoms with Crippen LogP contribution in [0.4, 0.5) is 0 Å². The van der Waals surface area contributed by atoms with Crippen LogP contribution in [0, 0.1) is 5.92 Å². The summed E-state index contributed by atoms with van der Waals surface area (Å²) in [5, 5.41) is 6.86. The van der Waals surface area contributed by atoms with E-state index in [9.17, 15) is 0 Å². The molecule has 1 aliphatic heterocycles. The van der Waals surface area contributed by atoms with Crippen molar-refractivity contribution in [3.05, 3.63) is 0 Å². The zero-order chi connectivity index (χ0) is 17.1. The van der Waals surface area contributed by atoms with E-state index in [1.54, 1.807) is 0 Å². The van der Waals surface area contributed by atoms with Crippen LogP contribution in [0.1, 0.15) is 27.2 Å². The van der Waals surface area contributed by atoms with Gasteiger partial charge in [0, 0.05) is 65.6 Å². The first-order valence-corrected chi connectivity index (χ1v) is 9.03. The number of guanidine groups is 1. The van der Waals surface area contributed by atoms with Crippen LogP contribution in [-0.4, -0.2) is 88.4 Å². The fourth-order valence-electron chi connectivity index (χ4n) is 2.89. The van der Waals surface area contributed by atoms with Gasteiger partial charge in [-0.3, -0.25) is 9.89 Å². The average Bonchev–Trinajstić information content (AvgIpc) is 2.54. The molecule has 2 N–H and O–H groups in total. The summed E-state index contributed by atoms with van der Waals surface area (Å²) in [5.41, 5.74) is 0. The Labute approximate surface area is 165 Å². The van der Waals surface area contributed by atoms with Crippen LogP contribution in [0.3, 0.4) is 0 Å². The Balaban J connectivity index is 0.00000529. The van der Waals surface area contributed by atoms with Crippen molar-refractivity contribution in [2.24, 2.45) is 10.9 Å². The lowest BCUT2D eigenvalue weighted by molar-refractivity contribution is 0.0900. The topological polar surface area (TPSA) is 52.1 Å². The number of halogens is 1. The van der Waals surface area contributed by atoms with E-state index in [1.807, 2.05) is 14.0 Å². The first-order valence-electron chi connectivity index (χ1n) is 9.03. The third-order valence-corrected chi connectivity index (χ3v) is 4.44. The Morgan fingerprint density at radius 2 is 1.83 bits per heavy atom. The highest BCUT2D eigenvalue weighted by Crippen LogP contribution is 2.12. The number of rotatable bonds is 9. The predicted octanol–water partition coefficient (Wildman–Crippen LogP) is 1.47. The highest BCUT2D eigenvalue weighted by Gasteiger charge is 2.24. The molecule has 0 radical (unpaired) electrons. The van der Waals surface area contributed by atoms with Gasteiger partial charge in [-0.15, -0.1) is 24.0 Å². The lowest BCUT2D eigenvalue weighted by Gasteiger charge is -2.40. The largest absolute Gasteiger partial charge is 0.382 e. The molecule has 0 saturated carbocycles. The van der Waals surface area contributed by atoms with Crippen LogP contribution in [0.25, 0.3) is 0 Å². The number of hydrogen-bond donors (Lipinski definition) is 2. The van der Waals surface area contributed by atoms with Crippen molar-refractivity contribution in [1.29, 1.82) is 0 Å². The number of ether oxygens (including phenoxy) is 1. The zero-order valence-electron chi connectivity index (χ0n) is 16.2. The molecule has 0 bridgehead atoms. The van der Waals surface area contributed by atoms with Gasteiger partial charge < -0.3 is 20.3 Å². The molecule has 0 spiro atoms. The second kappa shape index (κ2) is 14.1. The number of likely N-dealkylation sites (N-methyl/N-ethyl adjacent to an activating group) is 1. The number of nitrogens with one attached hydrogen (secondary N) is 2. The summed E-state index contributed by atoms with van der Waals surface area (Å²) in [4.78, 5) is 9.34. The van der Waals surface area contributed by atoms with Crippen molar-refractivity contribution < 1.29 is 4.74 Å². The summed E-state index contributed by atoms with van der Waals surface area (Å²) < 4.78 is 5.36. The number of piperazine rings is 1. The molecule has 0 aromatic carbocycles. The summed E-state index contributed by atoms with van der Waals surface area (Å²) in [6, 6.07) is 0.547. The average molecular weight is 455 g/mol. The molecule has 1 aliphatic rings. The van der Waals surface area contributed by atoms with Gasteiger partial charge in [0.1, 0.15) is 0 Å². The molecular formula is C17H38IN5O. The standard InChI is InChI=1S/C17H37N5O.HI/c1-6-23-13-7-8-19-17(18-4)20-14-16(15(2)3)22-11-9-21(5)10-12-22;/h15-16H,6-14H2,1-5H3,(H2,18,19,20);1H. The SMILES string of the molecule is CCOCCCNC(=NC)NCC(C(C)C)N1CCN(C)CC1.I. The van der Waals surface area contributed by atoms with Crippen molar-refractivity contribution in [2.45, 2.75) is 33.2 Å². The van der Waals surface area contributed by atoms with Crippen molar-refractivity contribution in [2.75, 3.05) is 66.6 Å². The van der Waals surface area contributed by atoms with Gasteiger partial charge in [0.15, 0.2) is 5.96 Å². The van der Waals surface area contributed by atoms with E-state index in [0.717, 1.165) is 64.9 Å². The molecule has 24 heavy (non-hydrogen) atoms. The van der Waals surface area contributed by atoms with Crippen LogP contribution in [0.15, 0.2) is 4.99 Å². The zero-order valence-corrected chi connectivity index (χ0v) is 18.5. The maximum atomic E-state index is 5.36. The minimum Gasteiger partial charge on any atom is -0.382 e. The van der Waals surface area contributed by atoms with Crippen LogP contribution in [0.5, 0.6) is 0 Å². The van der Waals surface area contributed by atoms with Crippen molar-refractivity contribution in [3.63, 3.8) is 0 Å². The van der Waals surface area contributed by atoms with E-state index >= 15 is 0 Å². The summed E-state index contributed by atoms with van der Waals surface area (Å²) in [6.45, 7) is 14.7. The molecule has 1 rings (SSSR count). The van der Waals surface area contributed by atoms with Gasteiger partial charge in [0.2, 0.25) is 0 Å². The van der Waals surface area contributed by atoms with Gasteiger partial charge in [0.25, 0.3) is 0 Å². The summed E-state index contributed by atoms with van der Waals surface area (Å²) in [7, 11) is 4.03. The fraction of sp³-hybridized carbons (Fsp3) is 0.941. The van der Waals surface area contributed by atoms with Crippen LogP contribution < -0.4 is 10.6 Å². The first kappa shape index (κ1) is 23.9. The molecule has 0 amide bonds. The summed E-state index contributed by atoms with van der Waals surface area (Å²) in [5.74, 6) is 1.52. The predicted molar refractivity (Wildman–Crippen MR) is 114 cm³/mol. The molecule has 144 valence electrons. The Bertz CT molecular complexity index is 333. The van der Waals surface area contributed by atoms with Gasteiger partial charge in [-0.05, 0) is 26.3 Å². The Morgan fingerprint density at radius 3 is 2.38 bits per heavy atom. The fourth-order valence-corrected chi connectivity index (χ4v) is 2.89. The molecule has 1 fully saturated rings. The highest BCUT2D eigenvalue weighted by atomic mass is 127. The van der Waals surface area contributed by atoms with E-state index in [-0.39, 0.29) is 24.0 Å². The maximum absolute atomic E-state index is 5.36. The molecule has 0 aromatic rings. The second-order valence-electron chi connectivity index (χ2n) is 6.58. The molecule has 7 heteroatoms. The van der Waals surface area contributed by atoms with Crippen molar-refractivity contribution in [3.8, 4) is 0 Å². The number of aliphatic imine (C=N–C) groups is 1. The molecule has 1 atom stereocenters. The molecule has 0 aliphatic carbocycles. The minimum atomic E-state index is 0. The maximum Gasteiger partial charge on any atom is 0.191 e. The van der Waals surface area contributed by atoms with E-state index in [0.29, 0.717) is 12.0 Å². The van der Waals surface area contributed by atoms with Crippen molar-refractivity contribution >= 4 is 29.9 Å². The van der Waals surface area contributed by atoms with Gasteiger partial charge in [-0.2, -0.15) is 0 Å². The van der Waals surface area contributed by atoms with Gasteiger partial charge in [0.05, 0.1) is 0 Å². The van der Waals surface area contributed by atoms with E-state index in [1.165, 1.54) is 0 Å². The molecule has 1 unspecified atom stereocenters. The quantitative estimate of drug-likeness (QED) is 0.239. The van der Waals surface area contributed by atoms with Crippen LogP contribution in [-0.2, 0) is 4.74 Å². The molecule has 0 aromatic heterocycles. The Kier molecular flexibility index (Phi) is 14.0. The Morgan fingerprint density at radius 1 is 1.17 bits per heavy atom. The smallest absolute Gasteiger partial charge is 0.191 e. The van der Waals surface area contributed by atoms with E-state index < -0.39 is 0 Å². The second-order valence-corrected chi connectivity index (χ2v) is 6.58. The summed E-state index contributed by atoms with van der Waals surface area (Å²) in [6.07, 6.45) is 1.00. The van der Waals surface area contributed by atoms with Crippen LogP contribution in [0.2, 0.25) is 0 Å². The molecule has 1 heterocycles. The number of nitrogens with zero attached hydrogens (tertiary/aromatic N) is 3. The molecule has 6 nitrogen and oxygen atoms in total. The lowest BCUT2D eigenvalue weighted by atomic mass is 10.0. The van der Waals surface area contributed by atoms with E-state index in [4.69, 9.17) is 4.74 Å². The third kappa shape index (κ3) is 9.39.